The minimum Gasteiger partial charge on any atom is -0.466 e. The number of piperidine rings is 1. The minimum atomic E-state index is -0.0407. The van der Waals surface area contributed by atoms with Gasteiger partial charge in [0.1, 0.15) is 0 Å². The number of esters is 1. The van der Waals surface area contributed by atoms with Gasteiger partial charge in [0, 0.05) is 18.6 Å². The summed E-state index contributed by atoms with van der Waals surface area (Å²) in [5, 5.41) is 0. The van der Waals surface area contributed by atoms with Crippen LogP contribution in [0.15, 0.2) is 30.3 Å². The third-order valence-corrected chi connectivity index (χ3v) is 4.24. The van der Waals surface area contributed by atoms with Gasteiger partial charge in [-0.2, -0.15) is 0 Å². The van der Waals surface area contributed by atoms with Crippen LogP contribution in [-0.4, -0.2) is 29.6 Å². The lowest BCUT2D eigenvalue weighted by atomic mass is 9.84. The first kappa shape index (κ1) is 15.0. The zero-order chi connectivity index (χ0) is 14.6. The highest BCUT2D eigenvalue weighted by molar-refractivity contribution is 5.72. The molecule has 20 heavy (non-hydrogen) atoms. The van der Waals surface area contributed by atoms with Gasteiger partial charge in [-0.1, -0.05) is 30.3 Å². The summed E-state index contributed by atoms with van der Waals surface area (Å²) in [5.74, 6) is -0.0206. The van der Waals surface area contributed by atoms with Crippen molar-refractivity contribution in [1.82, 2.24) is 4.90 Å². The van der Waals surface area contributed by atoms with Crippen molar-refractivity contribution >= 4 is 5.97 Å². The quantitative estimate of drug-likeness (QED) is 0.790. The molecule has 0 N–H and O–H groups in total. The zero-order valence-corrected chi connectivity index (χ0v) is 12.8. The molecule has 0 amide bonds. The van der Waals surface area contributed by atoms with Gasteiger partial charge in [0.2, 0.25) is 0 Å². The molecule has 1 aliphatic rings. The van der Waals surface area contributed by atoms with Crippen molar-refractivity contribution in [2.75, 3.05) is 13.2 Å². The summed E-state index contributed by atoms with van der Waals surface area (Å²) in [6.07, 6.45) is 1.96. The van der Waals surface area contributed by atoms with E-state index in [2.05, 4.69) is 43.0 Å². The first-order chi connectivity index (χ1) is 9.53. The first-order valence-electron chi connectivity index (χ1n) is 7.48. The number of carbonyl (C=O) groups excluding carboxylic acids is 1. The van der Waals surface area contributed by atoms with Crippen molar-refractivity contribution in [3.8, 4) is 0 Å². The van der Waals surface area contributed by atoms with Crippen LogP contribution >= 0.6 is 0 Å². The van der Waals surface area contributed by atoms with Crippen molar-refractivity contribution < 1.29 is 9.53 Å². The predicted molar refractivity (Wildman–Crippen MR) is 80.3 cm³/mol. The second-order valence-electron chi connectivity index (χ2n) is 6.17. The van der Waals surface area contributed by atoms with Gasteiger partial charge in [-0.05, 0) is 39.2 Å². The van der Waals surface area contributed by atoms with E-state index >= 15 is 0 Å². The molecular weight excluding hydrogens is 250 g/mol. The lowest BCUT2D eigenvalue weighted by molar-refractivity contribution is -0.151. The summed E-state index contributed by atoms with van der Waals surface area (Å²) >= 11 is 0. The summed E-state index contributed by atoms with van der Waals surface area (Å²) in [6.45, 7) is 8.54. The fourth-order valence-electron chi connectivity index (χ4n) is 2.82. The maximum Gasteiger partial charge on any atom is 0.310 e. The second-order valence-corrected chi connectivity index (χ2v) is 6.17. The molecule has 110 valence electrons. The molecule has 1 saturated heterocycles. The Balaban J connectivity index is 2.05. The molecule has 1 unspecified atom stereocenters. The number of rotatable bonds is 4. The van der Waals surface area contributed by atoms with Crippen molar-refractivity contribution in [3.63, 3.8) is 0 Å². The Kier molecular flexibility index (Phi) is 4.81. The topological polar surface area (TPSA) is 29.5 Å². The first-order valence-corrected chi connectivity index (χ1v) is 7.48. The van der Waals surface area contributed by atoms with Crippen LogP contribution in [0.1, 0.15) is 39.2 Å². The van der Waals surface area contributed by atoms with Crippen LogP contribution in [0, 0.1) is 5.92 Å². The fraction of sp³-hybridized carbons (Fsp3) is 0.588. The summed E-state index contributed by atoms with van der Waals surface area (Å²) < 4.78 is 5.18. The SMILES string of the molecule is CCOC(=O)C1CCC(C)(C)N(Cc2ccccc2)C1. The minimum absolute atomic E-state index is 0.0201. The Morgan fingerprint density at radius 2 is 2.05 bits per heavy atom. The van der Waals surface area contributed by atoms with Gasteiger partial charge in [0.15, 0.2) is 0 Å². The number of nitrogens with zero attached hydrogens (tertiary/aromatic N) is 1. The van der Waals surface area contributed by atoms with E-state index in [0.717, 1.165) is 25.9 Å². The summed E-state index contributed by atoms with van der Waals surface area (Å²) in [5.41, 5.74) is 1.43. The van der Waals surface area contributed by atoms with Gasteiger partial charge in [-0.3, -0.25) is 9.69 Å². The molecule has 3 heteroatoms. The number of hydrogen-bond donors (Lipinski definition) is 0. The number of carbonyl (C=O) groups is 1. The van der Waals surface area contributed by atoms with Crippen LogP contribution < -0.4 is 0 Å². The van der Waals surface area contributed by atoms with Gasteiger partial charge in [0.25, 0.3) is 0 Å². The Morgan fingerprint density at radius 3 is 2.70 bits per heavy atom. The molecule has 0 radical (unpaired) electrons. The Bertz CT molecular complexity index is 442. The van der Waals surface area contributed by atoms with E-state index in [1.165, 1.54) is 5.56 Å². The molecule has 1 aromatic carbocycles. The zero-order valence-electron chi connectivity index (χ0n) is 12.8. The van der Waals surface area contributed by atoms with Crippen molar-refractivity contribution in [3.05, 3.63) is 35.9 Å². The molecule has 1 aliphatic heterocycles. The highest BCUT2D eigenvalue weighted by Crippen LogP contribution is 2.32. The third kappa shape index (κ3) is 3.60. The normalized spacial score (nSPS) is 22.4. The number of ether oxygens (including phenoxy) is 1. The number of benzene rings is 1. The molecule has 0 spiro atoms. The van der Waals surface area contributed by atoms with Gasteiger partial charge in [-0.25, -0.2) is 0 Å². The van der Waals surface area contributed by atoms with Crippen LogP contribution in [-0.2, 0) is 16.1 Å². The van der Waals surface area contributed by atoms with Crippen LogP contribution in [0.3, 0.4) is 0 Å². The second kappa shape index (κ2) is 6.40. The smallest absolute Gasteiger partial charge is 0.310 e. The Morgan fingerprint density at radius 1 is 1.35 bits per heavy atom. The van der Waals surface area contributed by atoms with E-state index in [4.69, 9.17) is 4.74 Å². The largest absolute Gasteiger partial charge is 0.466 e. The predicted octanol–water partition coefficient (Wildman–Crippen LogP) is 3.24. The van der Waals surface area contributed by atoms with Gasteiger partial charge in [-0.15, -0.1) is 0 Å². The molecule has 1 atom stereocenters. The molecule has 0 bridgehead atoms. The van der Waals surface area contributed by atoms with E-state index < -0.39 is 0 Å². The van der Waals surface area contributed by atoms with Crippen LogP contribution in [0.25, 0.3) is 0 Å². The van der Waals surface area contributed by atoms with E-state index in [0.29, 0.717) is 6.61 Å². The molecule has 0 aromatic heterocycles. The molecule has 2 rings (SSSR count). The summed E-state index contributed by atoms with van der Waals surface area (Å²) in [7, 11) is 0. The average molecular weight is 275 g/mol. The maximum atomic E-state index is 12.0. The molecule has 1 fully saturated rings. The molecule has 0 saturated carbocycles. The highest BCUT2D eigenvalue weighted by Gasteiger charge is 2.37. The highest BCUT2D eigenvalue weighted by atomic mass is 16.5. The lowest BCUT2D eigenvalue weighted by Gasteiger charge is -2.45. The molecule has 0 aliphatic carbocycles. The van der Waals surface area contributed by atoms with Crippen LogP contribution in [0.5, 0.6) is 0 Å². The third-order valence-electron chi connectivity index (χ3n) is 4.24. The lowest BCUT2D eigenvalue weighted by Crippen LogP contribution is -2.51. The Labute approximate surface area is 121 Å². The molecule has 1 heterocycles. The van der Waals surface area contributed by atoms with Gasteiger partial charge < -0.3 is 4.74 Å². The fourth-order valence-corrected chi connectivity index (χ4v) is 2.82. The van der Waals surface area contributed by atoms with E-state index in [1.807, 2.05) is 13.0 Å². The average Bonchev–Trinajstić information content (AvgIpc) is 2.42. The van der Waals surface area contributed by atoms with Gasteiger partial charge in [0.05, 0.1) is 12.5 Å². The monoisotopic (exact) mass is 275 g/mol. The van der Waals surface area contributed by atoms with E-state index in [-0.39, 0.29) is 17.4 Å². The number of hydrogen-bond acceptors (Lipinski definition) is 3. The number of likely N-dealkylation sites (tertiary alicyclic amines) is 1. The summed E-state index contributed by atoms with van der Waals surface area (Å²) in [6, 6.07) is 10.4. The van der Waals surface area contributed by atoms with E-state index in [9.17, 15) is 4.79 Å². The molecular formula is C17H25NO2. The van der Waals surface area contributed by atoms with E-state index in [1.54, 1.807) is 0 Å². The van der Waals surface area contributed by atoms with Crippen LogP contribution in [0.4, 0.5) is 0 Å². The molecule has 1 aromatic rings. The summed E-state index contributed by atoms with van der Waals surface area (Å²) in [4.78, 5) is 14.4. The van der Waals surface area contributed by atoms with Crippen molar-refractivity contribution in [2.24, 2.45) is 5.92 Å². The Hall–Kier alpha value is -1.35. The van der Waals surface area contributed by atoms with Crippen LogP contribution in [0.2, 0.25) is 0 Å². The maximum absolute atomic E-state index is 12.0. The van der Waals surface area contributed by atoms with Crippen molar-refractivity contribution in [2.45, 2.75) is 45.7 Å². The van der Waals surface area contributed by atoms with Gasteiger partial charge >= 0.3 is 5.97 Å². The molecule has 3 nitrogen and oxygen atoms in total. The standard InChI is InChI=1S/C17H25NO2/c1-4-20-16(19)15-10-11-17(2,3)18(13-15)12-14-8-6-5-7-9-14/h5-9,15H,4,10-13H2,1-3H3. The van der Waals surface area contributed by atoms with Crippen molar-refractivity contribution in [1.29, 1.82) is 0 Å².